The Bertz CT molecular complexity index is 811. The molecule has 1 heterocycles. The van der Waals surface area contributed by atoms with E-state index in [4.69, 9.17) is 4.74 Å². The highest BCUT2D eigenvalue weighted by Gasteiger charge is 2.22. The standard InChI is InChI=1S/C18H23N5O4/c1-12(20-17(26)27-18(2,3)4)15(24)22-23-11-10-19-14(23)16(25)21-13-8-6-5-7-9-13/h5-12H,1-4H3,(H,20,26)(H,21,25)(H,22,24)/t12-/m0/s1. The van der Waals surface area contributed by atoms with E-state index in [1.54, 1.807) is 45.0 Å². The van der Waals surface area contributed by atoms with Crippen molar-refractivity contribution < 1.29 is 19.1 Å². The summed E-state index contributed by atoms with van der Waals surface area (Å²) in [7, 11) is 0. The van der Waals surface area contributed by atoms with E-state index in [1.165, 1.54) is 24.0 Å². The third-order valence-electron chi connectivity index (χ3n) is 3.23. The van der Waals surface area contributed by atoms with Gasteiger partial charge in [-0.1, -0.05) is 18.2 Å². The third-order valence-corrected chi connectivity index (χ3v) is 3.23. The lowest BCUT2D eigenvalue weighted by Gasteiger charge is -2.21. The molecule has 0 spiro atoms. The second-order valence-corrected chi connectivity index (χ2v) is 6.78. The van der Waals surface area contributed by atoms with Crippen molar-refractivity contribution >= 4 is 23.6 Å². The summed E-state index contributed by atoms with van der Waals surface area (Å²) in [5, 5.41) is 5.11. The molecule has 3 amide bonds. The molecular formula is C18H23N5O4. The monoisotopic (exact) mass is 373 g/mol. The fourth-order valence-corrected chi connectivity index (χ4v) is 2.04. The summed E-state index contributed by atoms with van der Waals surface area (Å²) in [4.78, 5) is 40.3. The first-order valence-electron chi connectivity index (χ1n) is 8.36. The summed E-state index contributed by atoms with van der Waals surface area (Å²) in [6.07, 6.45) is 2.10. The Morgan fingerprint density at radius 3 is 2.44 bits per heavy atom. The number of carbonyl (C=O) groups excluding carboxylic acids is 3. The number of nitrogens with one attached hydrogen (secondary N) is 3. The maximum absolute atomic E-state index is 12.3. The molecule has 2 aromatic rings. The van der Waals surface area contributed by atoms with Crippen LogP contribution in [0.5, 0.6) is 0 Å². The summed E-state index contributed by atoms with van der Waals surface area (Å²) in [6.45, 7) is 6.67. The maximum atomic E-state index is 12.3. The van der Waals surface area contributed by atoms with Crippen molar-refractivity contribution in [2.24, 2.45) is 0 Å². The number of rotatable bonds is 5. The first-order valence-corrected chi connectivity index (χ1v) is 8.36. The smallest absolute Gasteiger partial charge is 0.408 e. The molecule has 3 N–H and O–H groups in total. The fourth-order valence-electron chi connectivity index (χ4n) is 2.04. The fraction of sp³-hybridized carbons (Fsp3) is 0.333. The van der Waals surface area contributed by atoms with Gasteiger partial charge in [-0.2, -0.15) is 0 Å². The highest BCUT2D eigenvalue weighted by Crippen LogP contribution is 2.08. The molecule has 0 unspecified atom stereocenters. The van der Waals surface area contributed by atoms with Crippen LogP contribution in [0.1, 0.15) is 38.3 Å². The normalized spacial score (nSPS) is 12.0. The van der Waals surface area contributed by atoms with Gasteiger partial charge < -0.3 is 15.4 Å². The largest absolute Gasteiger partial charge is 0.444 e. The van der Waals surface area contributed by atoms with Crippen LogP contribution in [0.2, 0.25) is 0 Å². The molecule has 0 aliphatic heterocycles. The third kappa shape index (κ3) is 6.14. The predicted molar refractivity (Wildman–Crippen MR) is 99.8 cm³/mol. The molecule has 9 heteroatoms. The number of alkyl carbamates (subject to hydrolysis) is 1. The number of anilines is 1. The number of hydrogen-bond donors (Lipinski definition) is 3. The number of benzene rings is 1. The van der Waals surface area contributed by atoms with Crippen molar-refractivity contribution in [2.45, 2.75) is 39.3 Å². The first kappa shape index (κ1) is 20.0. The Morgan fingerprint density at radius 2 is 1.81 bits per heavy atom. The predicted octanol–water partition coefficient (Wildman–Crippen LogP) is 2.12. The van der Waals surface area contributed by atoms with Crippen molar-refractivity contribution in [2.75, 3.05) is 10.7 Å². The summed E-state index contributed by atoms with van der Waals surface area (Å²) < 4.78 is 6.30. The number of hydrogen-bond acceptors (Lipinski definition) is 5. The van der Waals surface area contributed by atoms with E-state index in [0.717, 1.165) is 0 Å². The Hall–Kier alpha value is -3.36. The number of imidazole rings is 1. The second-order valence-electron chi connectivity index (χ2n) is 6.78. The molecule has 144 valence electrons. The molecule has 1 aromatic heterocycles. The van der Waals surface area contributed by atoms with Gasteiger partial charge >= 0.3 is 6.09 Å². The number of nitrogens with zero attached hydrogens (tertiary/aromatic N) is 2. The SMILES string of the molecule is C[C@H](NC(=O)OC(C)(C)C)C(=O)Nn1ccnc1C(=O)Nc1ccccc1. The minimum absolute atomic E-state index is 0.00308. The molecule has 2 rings (SSSR count). The van der Waals surface area contributed by atoms with E-state index in [0.29, 0.717) is 5.69 Å². The van der Waals surface area contributed by atoms with Crippen LogP contribution in [0.15, 0.2) is 42.7 Å². The zero-order chi connectivity index (χ0) is 20.0. The van der Waals surface area contributed by atoms with Crippen molar-refractivity contribution in [3.63, 3.8) is 0 Å². The molecule has 0 fully saturated rings. The lowest BCUT2D eigenvalue weighted by molar-refractivity contribution is -0.118. The zero-order valence-corrected chi connectivity index (χ0v) is 15.6. The van der Waals surface area contributed by atoms with E-state index in [1.807, 2.05) is 6.07 Å². The Balaban J connectivity index is 1.97. The molecule has 0 saturated carbocycles. The van der Waals surface area contributed by atoms with Crippen LogP contribution in [0, 0.1) is 0 Å². The van der Waals surface area contributed by atoms with E-state index in [-0.39, 0.29) is 5.82 Å². The lowest BCUT2D eigenvalue weighted by Crippen LogP contribution is -2.46. The molecular weight excluding hydrogens is 350 g/mol. The summed E-state index contributed by atoms with van der Waals surface area (Å²) >= 11 is 0. The van der Waals surface area contributed by atoms with Crippen LogP contribution < -0.4 is 16.1 Å². The lowest BCUT2D eigenvalue weighted by atomic mass is 10.2. The zero-order valence-electron chi connectivity index (χ0n) is 15.6. The van der Waals surface area contributed by atoms with Crippen molar-refractivity contribution in [3.8, 4) is 0 Å². The number of amides is 3. The van der Waals surface area contributed by atoms with Crippen LogP contribution in [0.4, 0.5) is 10.5 Å². The minimum Gasteiger partial charge on any atom is -0.444 e. The van der Waals surface area contributed by atoms with Gasteiger partial charge in [0, 0.05) is 18.1 Å². The number of carbonyl (C=O) groups is 3. The molecule has 0 aliphatic rings. The van der Waals surface area contributed by atoms with Gasteiger partial charge in [0.15, 0.2) is 0 Å². The van der Waals surface area contributed by atoms with E-state index in [2.05, 4.69) is 21.0 Å². The van der Waals surface area contributed by atoms with Crippen LogP contribution in [-0.2, 0) is 9.53 Å². The van der Waals surface area contributed by atoms with Gasteiger partial charge in [0.1, 0.15) is 11.6 Å². The Kier molecular flexibility index (Phi) is 6.17. The van der Waals surface area contributed by atoms with Crippen LogP contribution in [0.3, 0.4) is 0 Å². The molecule has 1 aromatic carbocycles. The van der Waals surface area contributed by atoms with Gasteiger partial charge in [0.2, 0.25) is 5.82 Å². The van der Waals surface area contributed by atoms with Gasteiger partial charge in [-0.3, -0.25) is 15.0 Å². The highest BCUT2D eigenvalue weighted by molar-refractivity contribution is 6.02. The highest BCUT2D eigenvalue weighted by atomic mass is 16.6. The number of aromatic nitrogens is 2. The number of para-hydroxylation sites is 1. The van der Waals surface area contributed by atoms with Crippen LogP contribution in [-0.4, -0.2) is 39.2 Å². The van der Waals surface area contributed by atoms with Gasteiger partial charge in [-0.05, 0) is 39.8 Å². The van der Waals surface area contributed by atoms with Crippen LogP contribution in [0.25, 0.3) is 0 Å². The molecule has 9 nitrogen and oxygen atoms in total. The second kappa shape index (κ2) is 8.35. The van der Waals surface area contributed by atoms with Crippen LogP contribution >= 0.6 is 0 Å². The topological polar surface area (TPSA) is 114 Å². The van der Waals surface area contributed by atoms with Gasteiger partial charge in [0.05, 0.1) is 0 Å². The molecule has 1 atom stereocenters. The van der Waals surface area contributed by atoms with E-state index in [9.17, 15) is 14.4 Å². The van der Waals surface area contributed by atoms with Crippen molar-refractivity contribution in [1.82, 2.24) is 15.0 Å². The van der Waals surface area contributed by atoms with Gasteiger partial charge in [-0.15, -0.1) is 0 Å². The van der Waals surface area contributed by atoms with Crippen molar-refractivity contribution in [1.29, 1.82) is 0 Å². The first-order chi connectivity index (χ1) is 12.7. The quantitative estimate of drug-likeness (QED) is 0.743. The van der Waals surface area contributed by atoms with E-state index < -0.39 is 29.6 Å². The van der Waals surface area contributed by atoms with Gasteiger partial charge in [-0.25, -0.2) is 14.5 Å². The molecule has 0 radical (unpaired) electrons. The summed E-state index contributed by atoms with van der Waals surface area (Å²) in [6, 6.07) is 7.98. The van der Waals surface area contributed by atoms with Crippen molar-refractivity contribution in [3.05, 3.63) is 48.5 Å². The Morgan fingerprint density at radius 1 is 1.15 bits per heavy atom. The molecule has 0 aliphatic carbocycles. The molecule has 0 bridgehead atoms. The van der Waals surface area contributed by atoms with E-state index >= 15 is 0 Å². The number of ether oxygens (including phenoxy) is 1. The van der Waals surface area contributed by atoms with Gasteiger partial charge in [0.25, 0.3) is 11.8 Å². The summed E-state index contributed by atoms with van der Waals surface area (Å²) in [5.74, 6) is -1.02. The Labute approximate surface area is 157 Å². The average molecular weight is 373 g/mol. The summed E-state index contributed by atoms with van der Waals surface area (Å²) in [5.41, 5.74) is 2.44. The minimum atomic E-state index is -0.882. The maximum Gasteiger partial charge on any atom is 0.408 e. The molecule has 27 heavy (non-hydrogen) atoms. The molecule has 0 saturated heterocycles. The average Bonchev–Trinajstić information content (AvgIpc) is 3.02.